The molecule has 0 bridgehead atoms. The summed E-state index contributed by atoms with van der Waals surface area (Å²) in [5.74, 6) is 0.996. The highest BCUT2D eigenvalue weighted by Crippen LogP contribution is 2.41. The van der Waals surface area contributed by atoms with Crippen LogP contribution in [-0.2, 0) is 14.1 Å². The van der Waals surface area contributed by atoms with Gasteiger partial charge in [-0.3, -0.25) is 0 Å². The summed E-state index contributed by atoms with van der Waals surface area (Å²) in [6.45, 7) is 0. The molecule has 0 amide bonds. The van der Waals surface area contributed by atoms with Gasteiger partial charge in [-0.05, 0) is 41.0 Å². The largest absolute Gasteiger partial charge is 0.497 e. The zero-order chi connectivity index (χ0) is 20.0. The highest BCUT2D eigenvalue weighted by atomic mass is 16.5. The van der Waals surface area contributed by atoms with E-state index >= 15 is 0 Å². The maximum absolute atomic E-state index is 5.55. The van der Waals surface area contributed by atoms with Gasteiger partial charge in [0.1, 0.15) is 5.75 Å². The van der Waals surface area contributed by atoms with Crippen LogP contribution in [0.25, 0.3) is 21.8 Å². The van der Waals surface area contributed by atoms with E-state index in [-0.39, 0.29) is 5.92 Å². The molecule has 0 saturated heterocycles. The van der Waals surface area contributed by atoms with Gasteiger partial charge in [0.15, 0.2) is 0 Å². The number of rotatable bonds is 4. The van der Waals surface area contributed by atoms with Gasteiger partial charge >= 0.3 is 0 Å². The first-order valence-electron chi connectivity index (χ1n) is 9.89. The molecule has 0 atom stereocenters. The highest BCUT2D eigenvalue weighted by molar-refractivity contribution is 5.89. The first-order valence-corrected chi connectivity index (χ1v) is 9.89. The quantitative estimate of drug-likeness (QED) is 0.382. The molecule has 5 aromatic rings. The fourth-order valence-corrected chi connectivity index (χ4v) is 4.55. The number of methoxy groups -OCH3 is 1. The minimum atomic E-state index is 0.113. The average Bonchev–Trinajstić information content (AvgIpc) is 3.27. The molecule has 2 heterocycles. The molecule has 0 N–H and O–H groups in total. The van der Waals surface area contributed by atoms with Crippen LogP contribution in [0, 0.1) is 0 Å². The van der Waals surface area contributed by atoms with Crippen LogP contribution >= 0.6 is 0 Å². The predicted molar refractivity (Wildman–Crippen MR) is 120 cm³/mol. The summed E-state index contributed by atoms with van der Waals surface area (Å²) in [6.07, 6.45) is 4.55. The Morgan fingerprint density at radius 3 is 1.79 bits per heavy atom. The van der Waals surface area contributed by atoms with Gasteiger partial charge < -0.3 is 13.9 Å². The van der Waals surface area contributed by atoms with E-state index in [1.165, 1.54) is 38.5 Å². The number of nitrogens with zero attached hydrogens (tertiary/aromatic N) is 2. The van der Waals surface area contributed by atoms with Crippen LogP contribution < -0.4 is 4.74 Å². The van der Waals surface area contributed by atoms with E-state index in [1.807, 2.05) is 6.07 Å². The van der Waals surface area contributed by atoms with Crippen LogP contribution in [0.3, 0.4) is 0 Å². The summed E-state index contributed by atoms with van der Waals surface area (Å²) < 4.78 is 10.0. The summed E-state index contributed by atoms with van der Waals surface area (Å²) in [7, 11) is 5.97. The van der Waals surface area contributed by atoms with Gasteiger partial charge in [0.2, 0.25) is 0 Å². The lowest BCUT2D eigenvalue weighted by molar-refractivity contribution is 0.414. The summed E-state index contributed by atoms with van der Waals surface area (Å²) in [4.78, 5) is 0. The van der Waals surface area contributed by atoms with Gasteiger partial charge in [0, 0.05) is 54.2 Å². The van der Waals surface area contributed by atoms with Gasteiger partial charge in [-0.2, -0.15) is 0 Å². The van der Waals surface area contributed by atoms with Crippen molar-refractivity contribution in [3.8, 4) is 5.75 Å². The molecular weight excluding hydrogens is 356 g/mol. The summed E-state index contributed by atoms with van der Waals surface area (Å²) in [5, 5.41) is 2.58. The third-order valence-corrected chi connectivity index (χ3v) is 5.90. The molecule has 0 spiro atoms. The molecular formula is C26H24N2O. The van der Waals surface area contributed by atoms with E-state index in [1.54, 1.807) is 7.11 Å². The normalized spacial score (nSPS) is 11.6. The van der Waals surface area contributed by atoms with Gasteiger partial charge in [0.25, 0.3) is 0 Å². The van der Waals surface area contributed by atoms with Crippen molar-refractivity contribution in [2.45, 2.75) is 5.92 Å². The van der Waals surface area contributed by atoms with E-state index in [2.05, 4.69) is 102 Å². The standard InChI is InChI=1S/C26H24N2O/c1-27-16-22(20-11-4-6-13-24(20)27)26(18-9-8-10-19(15-18)29-3)23-17-28(2)25-14-7-5-12-21(23)25/h4-17,26H,1-3H3. The van der Waals surface area contributed by atoms with E-state index in [0.717, 1.165) is 5.75 Å². The maximum atomic E-state index is 5.55. The van der Waals surface area contributed by atoms with Gasteiger partial charge in [-0.15, -0.1) is 0 Å². The summed E-state index contributed by atoms with van der Waals surface area (Å²) in [6, 6.07) is 25.7. The van der Waals surface area contributed by atoms with Crippen molar-refractivity contribution in [3.63, 3.8) is 0 Å². The van der Waals surface area contributed by atoms with Crippen molar-refractivity contribution in [1.82, 2.24) is 9.13 Å². The second kappa shape index (κ2) is 6.85. The van der Waals surface area contributed by atoms with Gasteiger partial charge in [-0.25, -0.2) is 0 Å². The Labute approximate surface area is 170 Å². The van der Waals surface area contributed by atoms with E-state index in [4.69, 9.17) is 4.74 Å². The van der Waals surface area contributed by atoms with Crippen molar-refractivity contribution >= 4 is 21.8 Å². The Balaban J connectivity index is 1.84. The van der Waals surface area contributed by atoms with Crippen LogP contribution in [0.2, 0.25) is 0 Å². The van der Waals surface area contributed by atoms with Gasteiger partial charge in [0.05, 0.1) is 7.11 Å². The monoisotopic (exact) mass is 380 g/mol. The molecule has 2 aromatic heterocycles. The molecule has 144 valence electrons. The van der Waals surface area contributed by atoms with Crippen LogP contribution in [-0.4, -0.2) is 16.2 Å². The first-order chi connectivity index (χ1) is 14.2. The summed E-state index contributed by atoms with van der Waals surface area (Å²) in [5.41, 5.74) is 6.35. The Morgan fingerprint density at radius 1 is 0.690 bits per heavy atom. The fraction of sp³-hybridized carbons (Fsp3) is 0.154. The number of aryl methyl sites for hydroxylation is 2. The molecule has 3 heteroatoms. The number of fused-ring (bicyclic) bond motifs is 2. The molecule has 3 aromatic carbocycles. The Hall–Kier alpha value is -3.46. The van der Waals surface area contributed by atoms with Crippen molar-refractivity contribution in [1.29, 1.82) is 0 Å². The van der Waals surface area contributed by atoms with Crippen molar-refractivity contribution in [2.75, 3.05) is 7.11 Å². The van der Waals surface area contributed by atoms with Crippen LogP contribution in [0.5, 0.6) is 5.75 Å². The molecule has 0 aliphatic carbocycles. The average molecular weight is 380 g/mol. The SMILES string of the molecule is COc1cccc(C(c2cn(C)c3ccccc23)c2cn(C)c3ccccc23)c1. The Kier molecular flexibility index (Phi) is 4.17. The smallest absolute Gasteiger partial charge is 0.119 e. The number of benzene rings is 3. The topological polar surface area (TPSA) is 19.1 Å². The number of hydrogen-bond donors (Lipinski definition) is 0. The zero-order valence-corrected chi connectivity index (χ0v) is 17.0. The van der Waals surface area contributed by atoms with Crippen molar-refractivity contribution < 1.29 is 4.74 Å². The van der Waals surface area contributed by atoms with E-state index < -0.39 is 0 Å². The molecule has 0 radical (unpaired) electrons. The van der Waals surface area contributed by atoms with Crippen molar-refractivity contribution in [2.24, 2.45) is 14.1 Å². The predicted octanol–water partition coefficient (Wildman–Crippen LogP) is 5.86. The molecule has 0 saturated carbocycles. The highest BCUT2D eigenvalue weighted by Gasteiger charge is 2.24. The van der Waals surface area contributed by atoms with E-state index in [9.17, 15) is 0 Å². The second-order valence-electron chi connectivity index (χ2n) is 7.63. The minimum Gasteiger partial charge on any atom is -0.497 e. The molecule has 29 heavy (non-hydrogen) atoms. The second-order valence-corrected chi connectivity index (χ2v) is 7.63. The number of ether oxygens (including phenoxy) is 1. The number of para-hydroxylation sites is 2. The van der Waals surface area contributed by atoms with Crippen LogP contribution in [0.1, 0.15) is 22.6 Å². The number of aromatic nitrogens is 2. The summed E-state index contributed by atoms with van der Waals surface area (Å²) >= 11 is 0. The lowest BCUT2D eigenvalue weighted by atomic mass is 9.84. The third kappa shape index (κ3) is 2.82. The Bertz CT molecular complexity index is 1250. The maximum Gasteiger partial charge on any atom is 0.119 e. The van der Waals surface area contributed by atoms with E-state index in [0.29, 0.717) is 0 Å². The van der Waals surface area contributed by atoms with Crippen LogP contribution in [0.4, 0.5) is 0 Å². The Morgan fingerprint density at radius 2 is 1.24 bits per heavy atom. The lowest BCUT2D eigenvalue weighted by Crippen LogP contribution is -2.03. The molecule has 0 aliphatic rings. The van der Waals surface area contributed by atoms with Crippen molar-refractivity contribution in [3.05, 3.63) is 102 Å². The zero-order valence-electron chi connectivity index (χ0n) is 17.0. The molecule has 5 rings (SSSR count). The minimum absolute atomic E-state index is 0.113. The van der Waals surface area contributed by atoms with Gasteiger partial charge in [-0.1, -0.05) is 48.5 Å². The molecule has 3 nitrogen and oxygen atoms in total. The molecule has 0 unspecified atom stereocenters. The molecule has 0 aliphatic heterocycles. The third-order valence-electron chi connectivity index (χ3n) is 5.90. The molecule has 0 fully saturated rings. The first kappa shape index (κ1) is 17.6. The number of hydrogen-bond acceptors (Lipinski definition) is 1. The lowest BCUT2D eigenvalue weighted by Gasteiger charge is -2.18. The van der Waals surface area contributed by atoms with Crippen LogP contribution in [0.15, 0.2) is 85.2 Å². The fourth-order valence-electron chi connectivity index (χ4n) is 4.55.